The minimum Gasteiger partial charge on any atom is -0.450 e. The van der Waals surface area contributed by atoms with Gasteiger partial charge in [0, 0.05) is 22.0 Å². The highest BCUT2D eigenvalue weighted by molar-refractivity contribution is 6.31. The van der Waals surface area contributed by atoms with Gasteiger partial charge in [0.05, 0.1) is 32.8 Å². The van der Waals surface area contributed by atoms with Crippen LogP contribution in [0, 0.1) is 0 Å². The molecule has 1 aromatic carbocycles. The van der Waals surface area contributed by atoms with Gasteiger partial charge in [0.15, 0.2) is 0 Å². The largest absolute Gasteiger partial charge is 0.450 e. The zero-order valence-corrected chi connectivity index (χ0v) is 14.3. The molecule has 1 amide bonds. The molecule has 0 bridgehead atoms. The van der Waals surface area contributed by atoms with Crippen LogP contribution in [-0.2, 0) is 11.3 Å². The first-order valence-corrected chi connectivity index (χ1v) is 8.42. The van der Waals surface area contributed by atoms with Crippen LogP contribution in [0.1, 0.15) is 12.5 Å². The SMILES string of the molecule is CCOC(=O)N1CC[NH+](Cc2cc(=O)oc3ccc(Cl)cc23)CC1. The highest BCUT2D eigenvalue weighted by Crippen LogP contribution is 2.21. The molecule has 3 rings (SSSR count). The summed E-state index contributed by atoms with van der Waals surface area (Å²) in [5.41, 5.74) is 1.11. The zero-order chi connectivity index (χ0) is 17.1. The van der Waals surface area contributed by atoms with E-state index in [9.17, 15) is 9.59 Å². The number of hydrogen-bond donors (Lipinski definition) is 1. The second-order valence-electron chi connectivity index (χ2n) is 5.84. The number of halogens is 1. The van der Waals surface area contributed by atoms with Gasteiger partial charge >= 0.3 is 11.7 Å². The molecule has 1 aliphatic heterocycles. The molecule has 1 aliphatic rings. The summed E-state index contributed by atoms with van der Waals surface area (Å²) in [4.78, 5) is 26.5. The summed E-state index contributed by atoms with van der Waals surface area (Å²) < 4.78 is 10.3. The van der Waals surface area contributed by atoms with E-state index in [2.05, 4.69) is 0 Å². The fraction of sp³-hybridized carbons (Fsp3) is 0.412. The van der Waals surface area contributed by atoms with Gasteiger partial charge in [-0.1, -0.05) is 11.6 Å². The standard InChI is InChI=1S/C17H19ClN2O4/c1-2-23-17(22)20-7-5-19(6-8-20)11-12-9-16(21)24-15-4-3-13(18)10-14(12)15/h3-4,9-10H,2,5-8,11H2,1H3/p+1. The van der Waals surface area contributed by atoms with Gasteiger partial charge in [0.2, 0.25) is 0 Å². The number of quaternary nitrogens is 1. The summed E-state index contributed by atoms with van der Waals surface area (Å²) >= 11 is 6.07. The van der Waals surface area contributed by atoms with Gasteiger partial charge in [-0.05, 0) is 25.1 Å². The normalized spacial score (nSPS) is 15.7. The maximum Gasteiger partial charge on any atom is 0.410 e. The Morgan fingerprint density at radius 1 is 1.33 bits per heavy atom. The van der Waals surface area contributed by atoms with Gasteiger partial charge in [0.1, 0.15) is 12.1 Å². The Hall–Kier alpha value is -2.05. The van der Waals surface area contributed by atoms with Gasteiger partial charge in [0.25, 0.3) is 0 Å². The minimum atomic E-state index is -0.357. The van der Waals surface area contributed by atoms with Crippen molar-refractivity contribution in [3.8, 4) is 0 Å². The highest BCUT2D eigenvalue weighted by Gasteiger charge is 2.25. The molecular weight excluding hydrogens is 332 g/mol. The number of ether oxygens (including phenoxy) is 1. The molecule has 1 saturated heterocycles. The van der Waals surface area contributed by atoms with Crippen molar-refractivity contribution >= 4 is 28.7 Å². The van der Waals surface area contributed by atoms with Crippen molar-refractivity contribution in [2.75, 3.05) is 32.8 Å². The quantitative estimate of drug-likeness (QED) is 0.847. The molecule has 1 aromatic heterocycles. The van der Waals surface area contributed by atoms with Crippen molar-refractivity contribution in [1.29, 1.82) is 0 Å². The number of amides is 1. The Morgan fingerprint density at radius 3 is 2.79 bits per heavy atom. The molecule has 2 aromatic rings. The lowest BCUT2D eigenvalue weighted by atomic mass is 10.1. The number of nitrogens with one attached hydrogen (secondary N) is 1. The molecule has 7 heteroatoms. The lowest BCUT2D eigenvalue weighted by Crippen LogP contribution is -3.13. The van der Waals surface area contributed by atoms with Gasteiger partial charge < -0.3 is 14.1 Å². The monoisotopic (exact) mass is 351 g/mol. The molecule has 1 fully saturated rings. The molecule has 0 saturated carbocycles. The summed E-state index contributed by atoms with van der Waals surface area (Å²) in [5.74, 6) is 0. The molecule has 0 radical (unpaired) electrons. The van der Waals surface area contributed by atoms with E-state index in [1.165, 1.54) is 11.0 Å². The molecule has 2 heterocycles. The molecule has 0 atom stereocenters. The predicted molar refractivity (Wildman–Crippen MR) is 90.5 cm³/mol. The number of benzene rings is 1. The van der Waals surface area contributed by atoms with E-state index in [1.54, 1.807) is 24.0 Å². The van der Waals surface area contributed by atoms with Crippen molar-refractivity contribution < 1.29 is 18.8 Å². The fourth-order valence-corrected chi connectivity index (χ4v) is 3.18. The lowest BCUT2D eigenvalue weighted by Gasteiger charge is -2.31. The van der Waals surface area contributed by atoms with Crippen LogP contribution in [0.15, 0.2) is 33.5 Å². The maximum atomic E-state index is 11.8. The van der Waals surface area contributed by atoms with Crippen molar-refractivity contribution in [3.63, 3.8) is 0 Å². The number of carbonyl (C=O) groups excluding carboxylic acids is 1. The minimum absolute atomic E-state index is 0.255. The maximum absolute atomic E-state index is 11.8. The Bertz CT molecular complexity index is 797. The summed E-state index contributed by atoms with van der Waals surface area (Å²) in [5, 5.41) is 1.47. The smallest absolute Gasteiger partial charge is 0.410 e. The molecule has 0 aliphatic carbocycles. The van der Waals surface area contributed by atoms with Gasteiger partial charge in [-0.2, -0.15) is 0 Å². The zero-order valence-electron chi connectivity index (χ0n) is 13.5. The van der Waals surface area contributed by atoms with Gasteiger partial charge in [-0.3, -0.25) is 4.90 Å². The van der Waals surface area contributed by atoms with Crippen molar-refractivity contribution in [2.45, 2.75) is 13.5 Å². The van der Waals surface area contributed by atoms with E-state index >= 15 is 0 Å². The Labute approximate surface area is 144 Å². The molecule has 0 unspecified atom stereocenters. The van der Waals surface area contributed by atoms with Gasteiger partial charge in [-0.25, -0.2) is 9.59 Å². The third-order valence-corrected chi connectivity index (χ3v) is 4.46. The Balaban J connectivity index is 1.73. The highest BCUT2D eigenvalue weighted by atomic mass is 35.5. The summed E-state index contributed by atoms with van der Waals surface area (Å²) in [6.45, 7) is 5.79. The Morgan fingerprint density at radius 2 is 2.08 bits per heavy atom. The second kappa shape index (κ2) is 7.23. The van der Waals surface area contributed by atoms with E-state index in [-0.39, 0.29) is 11.7 Å². The topological polar surface area (TPSA) is 64.2 Å². The molecule has 24 heavy (non-hydrogen) atoms. The number of hydrogen-bond acceptors (Lipinski definition) is 4. The van der Waals surface area contributed by atoms with E-state index < -0.39 is 0 Å². The van der Waals surface area contributed by atoms with Crippen LogP contribution in [0.5, 0.6) is 0 Å². The Kier molecular flexibility index (Phi) is 5.06. The molecule has 1 N–H and O–H groups in total. The number of fused-ring (bicyclic) bond motifs is 1. The third-order valence-electron chi connectivity index (χ3n) is 4.23. The lowest BCUT2D eigenvalue weighted by molar-refractivity contribution is -0.917. The molecule has 6 nitrogen and oxygen atoms in total. The van der Waals surface area contributed by atoms with Gasteiger partial charge in [-0.15, -0.1) is 0 Å². The van der Waals surface area contributed by atoms with E-state index in [4.69, 9.17) is 20.8 Å². The molecule has 128 valence electrons. The van der Waals surface area contributed by atoms with Crippen LogP contribution >= 0.6 is 11.6 Å². The first-order valence-electron chi connectivity index (χ1n) is 8.04. The van der Waals surface area contributed by atoms with Crippen LogP contribution in [0.3, 0.4) is 0 Å². The first kappa shape index (κ1) is 16.8. The average molecular weight is 352 g/mol. The predicted octanol–water partition coefficient (Wildman–Crippen LogP) is 1.30. The van der Waals surface area contributed by atoms with E-state index in [0.717, 1.165) is 24.0 Å². The molecule has 0 spiro atoms. The molecular formula is C17H20ClN2O4+. The van der Waals surface area contributed by atoms with Crippen LogP contribution < -0.4 is 10.5 Å². The van der Waals surface area contributed by atoms with Crippen molar-refractivity contribution in [1.82, 2.24) is 4.90 Å². The van der Waals surface area contributed by atoms with E-state index in [0.29, 0.717) is 36.8 Å². The first-order chi connectivity index (χ1) is 11.6. The number of nitrogens with zero attached hydrogens (tertiary/aromatic N) is 1. The second-order valence-corrected chi connectivity index (χ2v) is 6.28. The number of carbonyl (C=O) groups is 1. The van der Waals surface area contributed by atoms with Crippen LogP contribution in [0.2, 0.25) is 5.02 Å². The van der Waals surface area contributed by atoms with Crippen LogP contribution in [-0.4, -0.2) is 43.8 Å². The van der Waals surface area contributed by atoms with Crippen LogP contribution in [0.4, 0.5) is 4.79 Å². The number of piperazine rings is 1. The third kappa shape index (κ3) is 3.71. The average Bonchev–Trinajstić information content (AvgIpc) is 2.56. The summed E-state index contributed by atoms with van der Waals surface area (Å²) in [6, 6.07) is 6.78. The number of rotatable bonds is 3. The van der Waals surface area contributed by atoms with Crippen molar-refractivity contribution in [3.05, 3.63) is 45.3 Å². The summed E-state index contributed by atoms with van der Waals surface area (Å²) in [6.07, 6.45) is -0.255. The fourth-order valence-electron chi connectivity index (χ4n) is 3.01. The van der Waals surface area contributed by atoms with E-state index in [1.807, 2.05) is 6.07 Å². The summed E-state index contributed by atoms with van der Waals surface area (Å²) in [7, 11) is 0. The van der Waals surface area contributed by atoms with Crippen LogP contribution in [0.25, 0.3) is 11.0 Å². The van der Waals surface area contributed by atoms with Crippen molar-refractivity contribution in [2.24, 2.45) is 0 Å².